The Morgan fingerprint density at radius 1 is 1.22 bits per heavy atom. The summed E-state index contributed by atoms with van der Waals surface area (Å²) >= 11 is 6.98. The summed E-state index contributed by atoms with van der Waals surface area (Å²) in [5, 5.41) is 3.31. The summed E-state index contributed by atoms with van der Waals surface area (Å²) in [6.45, 7) is 4.01. The summed E-state index contributed by atoms with van der Waals surface area (Å²) in [6, 6.07) is 6.08. The maximum Gasteiger partial charge on any atom is 0.145 e. The second-order valence-electron chi connectivity index (χ2n) is 4.09. The molecule has 0 saturated heterocycles. The highest BCUT2D eigenvalue weighted by molar-refractivity contribution is 9.11. The molecule has 0 atom stereocenters. The molecule has 3 N–H and O–H groups in total. The maximum atomic E-state index is 5.81. The van der Waals surface area contributed by atoms with Crippen molar-refractivity contribution in [3.8, 4) is 0 Å². The van der Waals surface area contributed by atoms with E-state index in [2.05, 4.69) is 42.2 Å². The van der Waals surface area contributed by atoms with Crippen LogP contribution in [0.3, 0.4) is 0 Å². The zero-order chi connectivity index (χ0) is 13.3. The van der Waals surface area contributed by atoms with Gasteiger partial charge in [0.15, 0.2) is 0 Å². The quantitative estimate of drug-likeness (QED) is 0.815. The first kappa shape index (κ1) is 13.4. The Morgan fingerprint density at radius 2 is 1.94 bits per heavy atom. The lowest BCUT2D eigenvalue weighted by molar-refractivity contribution is 1.25. The number of pyridine rings is 1. The average Bonchev–Trinajstić information content (AvgIpc) is 2.34. The van der Waals surface area contributed by atoms with Crippen molar-refractivity contribution in [2.45, 2.75) is 13.8 Å². The van der Waals surface area contributed by atoms with Crippen LogP contribution in [0.15, 0.2) is 33.3 Å². The van der Waals surface area contributed by atoms with Gasteiger partial charge in [-0.2, -0.15) is 0 Å². The van der Waals surface area contributed by atoms with E-state index >= 15 is 0 Å². The van der Waals surface area contributed by atoms with Gasteiger partial charge in [-0.1, -0.05) is 22.0 Å². The van der Waals surface area contributed by atoms with Crippen molar-refractivity contribution in [2.24, 2.45) is 0 Å². The Kier molecular flexibility index (Phi) is 3.92. The lowest BCUT2D eigenvalue weighted by atomic mass is 10.2. The van der Waals surface area contributed by atoms with Crippen molar-refractivity contribution in [2.75, 3.05) is 11.1 Å². The number of nitrogen functional groups attached to an aromatic ring is 1. The van der Waals surface area contributed by atoms with Crippen LogP contribution in [0.5, 0.6) is 0 Å². The van der Waals surface area contributed by atoms with E-state index in [-0.39, 0.29) is 0 Å². The molecule has 0 radical (unpaired) electrons. The molecule has 2 rings (SSSR count). The Morgan fingerprint density at radius 3 is 2.67 bits per heavy atom. The monoisotopic (exact) mass is 369 g/mol. The molecule has 2 aromatic rings. The van der Waals surface area contributed by atoms with Gasteiger partial charge in [0, 0.05) is 10.2 Å². The van der Waals surface area contributed by atoms with E-state index in [1.807, 2.05) is 32.0 Å². The largest absolute Gasteiger partial charge is 0.397 e. The van der Waals surface area contributed by atoms with Crippen LogP contribution in [-0.2, 0) is 0 Å². The molecule has 0 amide bonds. The molecule has 0 fully saturated rings. The van der Waals surface area contributed by atoms with Crippen molar-refractivity contribution in [3.05, 3.63) is 44.5 Å². The molecule has 0 spiro atoms. The Balaban J connectivity index is 2.40. The van der Waals surface area contributed by atoms with E-state index in [0.717, 1.165) is 31.6 Å². The third kappa shape index (κ3) is 2.67. The van der Waals surface area contributed by atoms with Gasteiger partial charge < -0.3 is 11.1 Å². The lowest BCUT2D eigenvalue weighted by Crippen LogP contribution is -2.00. The number of hydrogen-bond acceptors (Lipinski definition) is 3. The van der Waals surface area contributed by atoms with Crippen LogP contribution in [0, 0.1) is 13.8 Å². The van der Waals surface area contributed by atoms with E-state index < -0.39 is 0 Å². The summed E-state index contributed by atoms with van der Waals surface area (Å²) < 4.78 is 1.92. The first-order valence-electron chi connectivity index (χ1n) is 5.43. The van der Waals surface area contributed by atoms with Crippen LogP contribution in [0.25, 0.3) is 0 Å². The number of hydrogen-bond donors (Lipinski definition) is 2. The molecule has 18 heavy (non-hydrogen) atoms. The van der Waals surface area contributed by atoms with E-state index in [9.17, 15) is 0 Å². The molecule has 0 bridgehead atoms. The SMILES string of the molecule is Cc1ccc(Br)cc1Nc1ncc(N)c(C)c1Br. The minimum atomic E-state index is 0.679. The molecule has 0 saturated carbocycles. The zero-order valence-corrected chi connectivity index (χ0v) is 13.3. The first-order valence-corrected chi connectivity index (χ1v) is 7.01. The van der Waals surface area contributed by atoms with Gasteiger partial charge in [0.05, 0.1) is 16.4 Å². The van der Waals surface area contributed by atoms with Crippen LogP contribution in [0.4, 0.5) is 17.2 Å². The third-order valence-electron chi connectivity index (χ3n) is 2.76. The van der Waals surface area contributed by atoms with Gasteiger partial charge in [0.25, 0.3) is 0 Å². The molecule has 5 heteroatoms. The Hall–Kier alpha value is -1.07. The summed E-state index contributed by atoms with van der Waals surface area (Å²) in [4.78, 5) is 4.31. The number of nitrogens with zero attached hydrogens (tertiary/aromatic N) is 1. The summed E-state index contributed by atoms with van der Waals surface area (Å²) in [7, 11) is 0. The van der Waals surface area contributed by atoms with Gasteiger partial charge in [-0.25, -0.2) is 4.98 Å². The summed E-state index contributed by atoms with van der Waals surface area (Å²) in [6.07, 6.45) is 1.66. The first-order chi connectivity index (χ1) is 8.49. The molecule has 94 valence electrons. The van der Waals surface area contributed by atoms with E-state index in [1.54, 1.807) is 6.20 Å². The average molecular weight is 371 g/mol. The normalized spacial score (nSPS) is 10.4. The van der Waals surface area contributed by atoms with Crippen LogP contribution >= 0.6 is 31.9 Å². The Bertz CT molecular complexity index is 597. The van der Waals surface area contributed by atoms with Crippen LogP contribution in [0.1, 0.15) is 11.1 Å². The molecule has 1 aromatic carbocycles. The second kappa shape index (κ2) is 5.28. The third-order valence-corrected chi connectivity index (χ3v) is 4.22. The number of rotatable bonds is 2. The highest BCUT2D eigenvalue weighted by Crippen LogP contribution is 2.31. The van der Waals surface area contributed by atoms with Gasteiger partial charge in [-0.3, -0.25) is 0 Å². The smallest absolute Gasteiger partial charge is 0.145 e. The zero-order valence-electron chi connectivity index (χ0n) is 10.1. The van der Waals surface area contributed by atoms with E-state index in [1.165, 1.54) is 0 Å². The van der Waals surface area contributed by atoms with Crippen molar-refractivity contribution in [1.82, 2.24) is 4.98 Å². The second-order valence-corrected chi connectivity index (χ2v) is 5.79. The van der Waals surface area contributed by atoms with Crippen molar-refractivity contribution < 1.29 is 0 Å². The number of nitrogens with one attached hydrogen (secondary N) is 1. The van der Waals surface area contributed by atoms with Crippen molar-refractivity contribution in [3.63, 3.8) is 0 Å². The topological polar surface area (TPSA) is 50.9 Å². The number of nitrogens with two attached hydrogens (primary N) is 1. The van der Waals surface area contributed by atoms with Crippen LogP contribution in [0.2, 0.25) is 0 Å². The molecular weight excluding hydrogens is 358 g/mol. The number of benzene rings is 1. The van der Waals surface area contributed by atoms with Gasteiger partial charge in [-0.05, 0) is 53.0 Å². The van der Waals surface area contributed by atoms with Crippen molar-refractivity contribution >= 4 is 49.1 Å². The Labute approximate surface area is 123 Å². The molecule has 0 aliphatic rings. The molecule has 1 aromatic heterocycles. The summed E-state index contributed by atoms with van der Waals surface area (Å²) in [5.74, 6) is 0.767. The fourth-order valence-corrected chi connectivity index (χ4v) is 2.33. The molecular formula is C13H13Br2N3. The predicted octanol–water partition coefficient (Wildman–Crippen LogP) is 4.55. The number of aromatic nitrogens is 1. The highest BCUT2D eigenvalue weighted by atomic mass is 79.9. The van der Waals surface area contributed by atoms with Crippen molar-refractivity contribution in [1.29, 1.82) is 0 Å². The maximum absolute atomic E-state index is 5.81. The summed E-state index contributed by atoms with van der Waals surface area (Å²) in [5.41, 5.74) is 9.64. The van der Waals surface area contributed by atoms with Crippen LogP contribution in [-0.4, -0.2) is 4.98 Å². The number of aryl methyl sites for hydroxylation is 1. The fraction of sp³-hybridized carbons (Fsp3) is 0.154. The molecule has 0 aliphatic carbocycles. The lowest BCUT2D eigenvalue weighted by Gasteiger charge is -2.13. The predicted molar refractivity (Wildman–Crippen MR) is 83.2 cm³/mol. The minimum absolute atomic E-state index is 0.679. The molecule has 0 unspecified atom stereocenters. The van der Waals surface area contributed by atoms with Gasteiger partial charge in [0.1, 0.15) is 5.82 Å². The molecule has 1 heterocycles. The van der Waals surface area contributed by atoms with Gasteiger partial charge in [-0.15, -0.1) is 0 Å². The van der Waals surface area contributed by atoms with E-state index in [0.29, 0.717) is 5.69 Å². The van der Waals surface area contributed by atoms with Crippen LogP contribution < -0.4 is 11.1 Å². The van der Waals surface area contributed by atoms with E-state index in [4.69, 9.17) is 5.73 Å². The number of anilines is 3. The van der Waals surface area contributed by atoms with Gasteiger partial charge >= 0.3 is 0 Å². The number of halogens is 2. The minimum Gasteiger partial charge on any atom is -0.397 e. The standard InChI is InChI=1S/C13H13Br2N3/c1-7-3-4-9(14)5-11(7)18-13-12(15)8(2)10(16)6-17-13/h3-6H,16H2,1-2H3,(H,17,18). The van der Waals surface area contributed by atoms with Gasteiger partial charge in [0.2, 0.25) is 0 Å². The fourth-order valence-electron chi connectivity index (χ4n) is 1.54. The molecule has 0 aliphatic heterocycles. The highest BCUT2D eigenvalue weighted by Gasteiger charge is 2.09. The molecule has 3 nitrogen and oxygen atoms in total.